The van der Waals surface area contributed by atoms with E-state index in [2.05, 4.69) is 22.4 Å². The number of ether oxygens (including phenoxy) is 1. The molecule has 0 radical (unpaired) electrons. The second-order valence-electron chi connectivity index (χ2n) is 6.56. The van der Waals surface area contributed by atoms with Crippen molar-refractivity contribution < 1.29 is 14.3 Å². The molecule has 2 aliphatic rings. The Morgan fingerprint density at radius 3 is 2.71 bits per heavy atom. The monoisotopic (exact) mass is 350 g/mol. The maximum absolute atomic E-state index is 12.7. The average molecular weight is 350 g/mol. The van der Waals surface area contributed by atoms with Crippen LogP contribution < -0.4 is 0 Å². The van der Waals surface area contributed by atoms with E-state index in [0.29, 0.717) is 13.2 Å². The van der Waals surface area contributed by atoms with Crippen molar-refractivity contribution in [2.45, 2.75) is 38.6 Å². The first-order chi connectivity index (χ1) is 11.7. The van der Waals surface area contributed by atoms with Gasteiger partial charge < -0.3 is 9.64 Å². The Hall–Kier alpha value is -1.40. The third-order valence-corrected chi connectivity index (χ3v) is 5.98. The van der Waals surface area contributed by atoms with E-state index in [0.717, 1.165) is 45.3 Å². The maximum atomic E-state index is 12.7. The minimum atomic E-state index is -0.0826. The van der Waals surface area contributed by atoms with Gasteiger partial charge in [0.25, 0.3) is 0 Å². The Kier molecular flexibility index (Phi) is 5.89. The van der Waals surface area contributed by atoms with Crippen molar-refractivity contribution in [3.05, 3.63) is 22.4 Å². The fraction of sp³-hybridized carbons (Fsp3) is 0.667. The third-order valence-electron chi connectivity index (χ3n) is 5.01. The van der Waals surface area contributed by atoms with Gasteiger partial charge in [0.15, 0.2) is 0 Å². The first kappa shape index (κ1) is 17.4. The Bertz CT molecular complexity index is 553. The lowest BCUT2D eigenvalue weighted by molar-refractivity contribution is -0.149. The van der Waals surface area contributed by atoms with Gasteiger partial charge >= 0.3 is 5.97 Å². The van der Waals surface area contributed by atoms with E-state index < -0.39 is 0 Å². The van der Waals surface area contributed by atoms with E-state index in [1.54, 1.807) is 11.3 Å². The minimum absolute atomic E-state index is 0.00181. The van der Waals surface area contributed by atoms with Crippen LogP contribution in [0.5, 0.6) is 0 Å². The minimum Gasteiger partial charge on any atom is -0.466 e. The average Bonchev–Trinajstić information content (AvgIpc) is 3.26. The lowest BCUT2D eigenvalue weighted by Gasteiger charge is -2.32. The van der Waals surface area contributed by atoms with Crippen LogP contribution in [0.1, 0.15) is 43.5 Å². The van der Waals surface area contributed by atoms with Gasteiger partial charge in [-0.1, -0.05) is 6.07 Å². The summed E-state index contributed by atoms with van der Waals surface area (Å²) >= 11 is 1.74. The van der Waals surface area contributed by atoms with Crippen molar-refractivity contribution in [3.8, 4) is 0 Å². The Morgan fingerprint density at radius 2 is 2.04 bits per heavy atom. The molecule has 2 fully saturated rings. The molecule has 1 amide bonds. The molecule has 0 N–H and O–H groups in total. The topological polar surface area (TPSA) is 49.9 Å². The van der Waals surface area contributed by atoms with Crippen molar-refractivity contribution in [2.75, 3.05) is 32.8 Å². The number of rotatable bonds is 5. The summed E-state index contributed by atoms with van der Waals surface area (Å²) in [4.78, 5) is 30.1. The molecular formula is C18H26N2O3S. The van der Waals surface area contributed by atoms with E-state index >= 15 is 0 Å². The second-order valence-corrected chi connectivity index (χ2v) is 7.54. The van der Waals surface area contributed by atoms with Gasteiger partial charge in [-0.2, -0.15) is 0 Å². The van der Waals surface area contributed by atoms with Crippen LogP contribution in [0.4, 0.5) is 0 Å². The van der Waals surface area contributed by atoms with Crippen molar-refractivity contribution in [1.82, 2.24) is 9.80 Å². The summed E-state index contributed by atoms with van der Waals surface area (Å²) in [7, 11) is 0. The van der Waals surface area contributed by atoms with Crippen LogP contribution in [0.3, 0.4) is 0 Å². The van der Waals surface area contributed by atoms with Crippen molar-refractivity contribution in [1.29, 1.82) is 0 Å². The van der Waals surface area contributed by atoms with E-state index in [1.165, 1.54) is 4.88 Å². The molecule has 1 atom stereocenters. The van der Waals surface area contributed by atoms with Crippen LogP contribution in [0.2, 0.25) is 0 Å². The molecular weight excluding hydrogens is 324 g/mol. The Morgan fingerprint density at radius 1 is 1.25 bits per heavy atom. The molecule has 0 aromatic carbocycles. The highest BCUT2D eigenvalue weighted by Gasteiger charge is 2.32. The first-order valence-corrected chi connectivity index (χ1v) is 9.79. The highest BCUT2D eigenvalue weighted by Crippen LogP contribution is 2.34. The van der Waals surface area contributed by atoms with Crippen LogP contribution in [-0.4, -0.2) is 54.5 Å². The van der Waals surface area contributed by atoms with Crippen LogP contribution in [-0.2, 0) is 14.3 Å². The number of piperidine rings is 1. The van der Waals surface area contributed by atoms with Gasteiger partial charge in [-0.15, -0.1) is 11.3 Å². The molecule has 0 saturated carbocycles. The normalized spacial score (nSPS) is 22.7. The molecule has 24 heavy (non-hydrogen) atoms. The Balaban J connectivity index is 1.50. The summed E-state index contributed by atoms with van der Waals surface area (Å²) in [5.41, 5.74) is 0. The molecule has 0 spiro atoms. The zero-order valence-corrected chi connectivity index (χ0v) is 15.1. The molecule has 0 bridgehead atoms. The molecule has 1 aromatic heterocycles. The summed E-state index contributed by atoms with van der Waals surface area (Å²) in [5, 5.41) is 2.08. The van der Waals surface area contributed by atoms with Crippen LogP contribution >= 0.6 is 11.3 Å². The van der Waals surface area contributed by atoms with Crippen molar-refractivity contribution >= 4 is 23.2 Å². The molecule has 3 rings (SSSR count). The molecule has 6 heteroatoms. The fourth-order valence-electron chi connectivity index (χ4n) is 3.71. The number of hydrogen-bond donors (Lipinski definition) is 0. The molecule has 0 aliphatic carbocycles. The summed E-state index contributed by atoms with van der Waals surface area (Å²) < 4.78 is 5.10. The van der Waals surface area contributed by atoms with E-state index in [4.69, 9.17) is 4.74 Å². The smallest absolute Gasteiger partial charge is 0.309 e. The lowest BCUT2D eigenvalue weighted by atomic mass is 9.97. The molecule has 1 aromatic rings. The van der Waals surface area contributed by atoms with Gasteiger partial charge in [-0.05, 0) is 57.1 Å². The summed E-state index contributed by atoms with van der Waals surface area (Å²) in [6.07, 6.45) is 3.73. The number of hydrogen-bond acceptors (Lipinski definition) is 5. The molecule has 132 valence electrons. The standard InChI is InChI=1S/C18H26N2O3S/c1-2-23-18(22)14-7-10-19(11-8-14)13-17(21)20-9-3-5-15(20)16-6-4-12-24-16/h4,6,12,14-15H,2-3,5,7-11,13H2,1H3. The number of nitrogens with zero attached hydrogens (tertiary/aromatic N) is 2. The largest absolute Gasteiger partial charge is 0.466 e. The molecule has 2 aliphatic heterocycles. The van der Waals surface area contributed by atoms with E-state index in [-0.39, 0.29) is 23.8 Å². The van der Waals surface area contributed by atoms with Crippen LogP contribution in [0.25, 0.3) is 0 Å². The van der Waals surface area contributed by atoms with Crippen LogP contribution in [0.15, 0.2) is 17.5 Å². The molecule has 5 nitrogen and oxygen atoms in total. The number of carbonyl (C=O) groups excluding carboxylic acids is 2. The molecule has 3 heterocycles. The summed E-state index contributed by atoms with van der Waals surface area (Å²) in [5.74, 6) is 0.142. The lowest BCUT2D eigenvalue weighted by Crippen LogP contribution is -2.44. The van der Waals surface area contributed by atoms with Crippen molar-refractivity contribution in [3.63, 3.8) is 0 Å². The molecule has 2 saturated heterocycles. The quantitative estimate of drug-likeness (QED) is 0.766. The SMILES string of the molecule is CCOC(=O)C1CCN(CC(=O)N2CCCC2c2cccs2)CC1. The Labute approximate surface area is 147 Å². The van der Waals surface area contributed by atoms with Gasteiger partial charge in [0, 0.05) is 11.4 Å². The number of likely N-dealkylation sites (tertiary alicyclic amines) is 2. The predicted molar refractivity (Wildman–Crippen MR) is 93.8 cm³/mol. The zero-order chi connectivity index (χ0) is 16.9. The van der Waals surface area contributed by atoms with Gasteiger partial charge in [0.05, 0.1) is 25.1 Å². The fourth-order valence-corrected chi connectivity index (χ4v) is 4.58. The number of amides is 1. The summed E-state index contributed by atoms with van der Waals surface area (Å²) in [6, 6.07) is 4.45. The first-order valence-electron chi connectivity index (χ1n) is 8.91. The van der Waals surface area contributed by atoms with Crippen LogP contribution in [0, 0.1) is 5.92 Å². The van der Waals surface area contributed by atoms with Gasteiger partial charge in [0.1, 0.15) is 0 Å². The second kappa shape index (κ2) is 8.12. The van der Waals surface area contributed by atoms with Gasteiger partial charge in [-0.25, -0.2) is 0 Å². The number of esters is 1. The summed E-state index contributed by atoms with van der Waals surface area (Å²) in [6.45, 7) is 5.21. The van der Waals surface area contributed by atoms with Crippen molar-refractivity contribution in [2.24, 2.45) is 5.92 Å². The highest BCUT2D eigenvalue weighted by atomic mass is 32.1. The maximum Gasteiger partial charge on any atom is 0.309 e. The third kappa shape index (κ3) is 3.98. The van der Waals surface area contributed by atoms with Gasteiger partial charge in [-0.3, -0.25) is 14.5 Å². The number of carbonyl (C=O) groups is 2. The van der Waals surface area contributed by atoms with E-state index in [1.807, 2.05) is 11.8 Å². The number of thiophene rings is 1. The van der Waals surface area contributed by atoms with Gasteiger partial charge in [0.2, 0.25) is 5.91 Å². The zero-order valence-electron chi connectivity index (χ0n) is 14.3. The molecule has 1 unspecified atom stereocenters. The predicted octanol–water partition coefficient (Wildman–Crippen LogP) is 2.69. The van der Waals surface area contributed by atoms with E-state index in [9.17, 15) is 9.59 Å². The highest BCUT2D eigenvalue weighted by molar-refractivity contribution is 7.10.